The zero-order chi connectivity index (χ0) is 23.2. The quantitative estimate of drug-likeness (QED) is 0.595. The van der Waals surface area contributed by atoms with Crippen molar-refractivity contribution < 1.29 is 14.3 Å². The summed E-state index contributed by atoms with van der Waals surface area (Å²) in [6.45, 7) is 15.3. The van der Waals surface area contributed by atoms with Crippen LogP contribution in [0.5, 0.6) is 0 Å². The number of rotatable bonds is 5. The first-order valence-electron chi connectivity index (χ1n) is 13.7. The molecule has 5 fully saturated rings. The molecule has 5 heteroatoms. The van der Waals surface area contributed by atoms with Crippen LogP contribution in [0.2, 0.25) is 0 Å². The van der Waals surface area contributed by atoms with Gasteiger partial charge in [0.2, 0.25) is 5.91 Å². The number of nitrogens with one attached hydrogen (secondary N) is 1. The number of fused-ring (bicyclic) bond motifs is 3. The molecule has 5 rings (SSSR count). The van der Waals surface area contributed by atoms with E-state index >= 15 is 0 Å². The molecule has 0 radical (unpaired) electrons. The molecule has 33 heavy (non-hydrogen) atoms. The second-order valence-corrected chi connectivity index (χ2v) is 12.5. The Morgan fingerprint density at radius 1 is 1.15 bits per heavy atom. The van der Waals surface area contributed by atoms with Crippen LogP contribution in [0.4, 0.5) is 0 Å². The molecular formula is C28H46N2O3. The molecule has 0 aromatic rings. The molecule has 5 nitrogen and oxygen atoms in total. The molecule has 2 heterocycles. The summed E-state index contributed by atoms with van der Waals surface area (Å²) in [6.07, 6.45) is 12.6. The number of hydrogen-bond donors (Lipinski definition) is 1. The molecule has 2 saturated heterocycles. The van der Waals surface area contributed by atoms with Gasteiger partial charge in [-0.15, -0.1) is 0 Å². The van der Waals surface area contributed by atoms with Gasteiger partial charge in [-0.05, 0) is 75.2 Å². The Morgan fingerprint density at radius 2 is 1.94 bits per heavy atom. The van der Waals surface area contributed by atoms with Crippen LogP contribution in [-0.2, 0) is 14.3 Å². The summed E-state index contributed by atoms with van der Waals surface area (Å²) in [4.78, 5) is 14.0. The maximum absolute atomic E-state index is 11.4. The van der Waals surface area contributed by atoms with E-state index in [1.165, 1.54) is 50.5 Å². The van der Waals surface area contributed by atoms with E-state index in [-0.39, 0.29) is 23.0 Å². The molecule has 0 aromatic heterocycles. The molecule has 1 amide bonds. The number of hydrogen-bond acceptors (Lipinski definition) is 4. The number of likely N-dealkylation sites (tertiary alicyclic amines) is 1. The van der Waals surface area contributed by atoms with E-state index in [1.54, 1.807) is 6.92 Å². The molecule has 3 aliphatic carbocycles. The third-order valence-corrected chi connectivity index (χ3v) is 10.4. The summed E-state index contributed by atoms with van der Waals surface area (Å²) in [7, 11) is 0. The Balaban J connectivity index is 1.25. The van der Waals surface area contributed by atoms with Gasteiger partial charge in [-0.25, -0.2) is 0 Å². The molecule has 3 saturated carbocycles. The Morgan fingerprint density at radius 3 is 2.70 bits per heavy atom. The molecule has 1 N–H and O–H groups in total. The summed E-state index contributed by atoms with van der Waals surface area (Å²) in [6, 6.07) is 0.319. The van der Waals surface area contributed by atoms with Crippen LogP contribution >= 0.6 is 0 Å². The smallest absolute Gasteiger partial charge is 0.217 e. The zero-order valence-electron chi connectivity index (χ0n) is 21.2. The monoisotopic (exact) mass is 458 g/mol. The molecule has 0 aromatic carbocycles. The van der Waals surface area contributed by atoms with Gasteiger partial charge in [-0.2, -0.15) is 0 Å². The van der Waals surface area contributed by atoms with Gasteiger partial charge >= 0.3 is 0 Å². The summed E-state index contributed by atoms with van der Waals surface area (Å²) in [5.74, 6) is 1.91. The minimum Gasteiger partial charge on any atom is -0.352 e. The van der Waals surface area contributed by atoms with E-state index in [9.17, 15) is 4.79 Å². The molecule has 2 aliphatic heterocycles. The van der Waals surface area contributed by atoms with Crippen molar-refractivity contribution >= 4 is 5.91 Å². The minimum atomic E-state index is 0.0380. The van der Waals surface area contributed by atoms with Crippen LogP contribution in [0.3, 0.4) is 0 Å². The van der Waals surface area contributed by atoms with Gasteiger partial charge in [0, 0.05) is 37.4 Å². The fourth-order valence-corrected chi connectivity index (χ4v) is 8.61. The highest BCUT2D eigenvalue weighted by molar-refractivity contribution is 5.73. The van der Waals surface area contributed by atoms with Gasteiger partial charge in [0.15, 0.2) is 6.29 Å². The zero-order valence-corrected chi connectivity index (χ0v) is 21.2. The average Bonchev–Trinajstić information content (AvgIpc) is 3.44. The molecule has 1 unspecified atom stereocenters. The molecule has 0 bridgehead atoms. The first-order valence-corrected chi connectivity index (χ1v) is 13.7. The van der Waals surface area contributed by atoms with E-state index in [4.69, 9.17) is 9.47 Å². The van der Waals surface area contributed by atoms with Gasteiger partial charge in [0.25, 0.3) is 0 Å². The van der Waals surface area contributed by atoms with Crippen molar-refractivity contribution in [3.8, 4) is 0 Å². The van der Waals surface area contributed by atoms with Crippen LogP contribution < -0.4 is 5.32 Å². The van der Waals surface area contributed by atoms with Crippen molar-refractivity contribution in [2.45, 2.75) is 103 Å². The van der Waals surface area contributed by atoms with E-state index in [1.807, 2.05) is 0 Å². The van der Waals surface area contributed by atoms with Gasteiger partial charge < -0.3 is 19.7 Å². The first-order chi connectivity index (χ1) is 15.8. The maximum atomic E-state index is 11.4. The maximum Gasteiger partial charge on any atom is 0.217 e. The van der Waals surface area contributed by atoms with E-state index in [2.05, 4.69) is 30.6 Å². The largest absolute Gasteiger partial charge is 0.352 e. The predicted molar refractivity (Wildman–Crippen MR) is 131 cm³/mol. The average molecular weight is 459 g/mol. The highest BCUT2D eigenvalue weighted by atomic mass is 16.7. The lowest BCUT2D eigenvalue weighted by molar-refractivity contribution is -0.316. The van der Waals surface area contributed by atoms with Crippen molar-refractivity contribution in [3.63, 3.8) is 0 Å². The van der Waals surface area contributed by atoms with Crippen molar-refractivity contribution in [1.29, 1.82) is 0 Å². The lowest BCUT2D eigenvalue weighted by atomic mass is 9.46. The standard InChI is InChI=1S/C28H46N2O3/c1-19-9-10-24-27(3,23(19)13-16-30-15-12-22(17-30)29-20(2)31)14-11-25-28(24,4)18-32-26(33-25)21-7-5-6-8-21/h21-26H,1,5-18H2,2-4H3,(H,29,31)/t22-,23+,24?,25+,26+,27-,28-/m0/s1. The normalized spacial score (nSPS) is 44.5. The number of ether oxygens (including phenoxy) is 2. The van der Waals surface area contributed by atoms with Crippen molar-refractivity contribution in [3.05, 3.63) is 12.2 Å². The fraction of sp³-hybridized carbons (Fsp3) is 0.893. The van der Waals surface area contributed by atoms with Crippen LogP contribution in [0, 0.1) is 28.6 Å². The molecular weight excluding hydrogens is 412 g/mol. The Bertz CT molecular complexity index is 749. The first kappa shape index (κ1) is 23.8. The van der Waals surface area contributed by atoms with Gasteiger partial charge in [0.05, 0.1) is 12.7 Å². The Labute approximate surface area is 201 Å². The number of carbonyl (C=O) groups excluding carboxylic acids is 1. The van der Waals surface area contributed by atoms with Crippen LogP contribution in [0.1, 0.15) is 85.0 Å². The highest BCUT2D eigenvalue weighted by Gasteiger charge is 2.60. The minimum absolute atomic E-state index is 0.0380. The summed E-state index contributed by atoms with van der Waals surface area (Å²) < 4.78 is 13.2. The van der Waals surface area contributed by atoms with E-state index < -0.39 is 0 Å². The number of carbonyl (C=O) groups is 1. The van der Waals surface area contributed by atoms with Crippen molar-refractivity contribution in [1.82, 2.24) is 10.2 Å². The lowest BCUT2D eigenvalue weighted by Crippen LogP contribution is -2.62. The number of amides is 1. The van der Waals surface area contributed by atoms with E-state index in [0.29, 0.717) is 29.9 Å². The third-order valence-electron chi connectivity index (χ3n) is 10.4. The predicted octanol–water partition coefficient (Wildman–Crippen LogP) is 4.91. The summed E-state index contributed by atoms with van der Waals surface area (Å²) >= 11 is 0. The van der Waals surface area contributed by atoms with Crippen LogP contribution in [0.15, 0.2) is 12.2 Å². The molecule has 7 atom stereocenters. The van der Waals surface area contributed by atoms with Gasteiger partial charge in [-0.1, -0.05) is 38.8 Å². The number of nitrogens with zero attached hydrogens (tertiary/aromatic N) is 1. The van der Waals surface area contributed by atoms with Crippen molar-refractivity contribution in [2.75, 3.05) is 26.2 Å². The summed E-state index contributed by atoms with van der Waals surface area (Å²) in [5.41, 5.74) is 1.87. The van der Waals surface area contributed by atoms with Crippen LogP contribution in [0.25, 0.3) is 0 Å². The lowest BCUT2D eigenvalue weighted by Gasteiger charge is -2.63. The second-order valence-electron chi connectivity index (χ2n) is 12.5. The van der Waals surface area contributed by atoms with Crippen LogP contribution in [-0.4, -0.2) is 55.5 Å². The molecule has 0 spiro atoms. The summed E-state index contributed by atoms with van der Waals surface area (Å²) in [5, 5.41) is 3.10. The Kier molecular flexibility index (Phi) is 6.69. The molecule has 5 aliphatic rings. The topological polar surface area (TPSA) is 50.8 Å². The second kappa shape index (κ2) is 9.28. The van der Waals surface area contributed by atoms with Gasteiger partial charge in [0.1, 0.15) is 0 Å². The molecule has 186 valence electrons. The van der Waals surface area contributed by atoms with E-state index in [0.717, 1.165) is 45.5 Å². The van der Waals surface area contributed by atoms with Crippen molar-refractivity contribution in [2.24, 2.45) is 28.6 Å². The fourth-order valence-electron chi connectivity index (χ4n) is 8.61. The highest BCUT2D eigenvalue weighted by Crippen LogP contribution is 2.63. The van der Waals surface area contributed by atoms with Gasteiger partial charge in [-0.3, -0.25) is 4.79 Å². The number of allylic oxidation sites excluding steroid dienone is 1. The Hall–Kier alpha value is -0.910. The third kappa shape index (κ3) is 4.43. The SMILES string of the molecule is C=C1CCC2[C@]3(C)CO[C@@H](C4CCCC4)O[C@@H]3CC[C@@]2(C)[C@@H]1CCN1CC[C@H](NC(C)=O)C1.